The molecule has 2 aromatic rings. The Bertz CT molecular complexity index is 656. The van der Waals surface area contributed by atoms with Gasteiger partial charge in [0.05, 0.1) is 12.6 Å². The van der Waals surface area contributed by atoms with Crippen LogP contribution in [0.25, 0.3) is 0 Å². The van der Waals surface area contributed by atoms with Gasteiger partial charge in [-0.15, -0.1) is 24.0 Å². The lowest BCUT2D eigenvalue weighted by atomic mass is 10.0. The summed E-state index contributed by atoms with van der Waals surface area (Å²) in [5.74, 6) is 0.480. The first kappa shape index (κ1) is 22.4. The maximum Gasteiger partial charge on any atom is 0.188 e. The molecule has 0 saturated carbocycles. The van der Waals surface area contributed by atoms with Gasteiger partial charge in [0.2, 0.25) is 0 Å². The van der Waals surface area contributed by atoms with Crippen molar-refractivity contribution in [2.45, 2.75) is 25.8 Å². The minimum atomic E-state index is 0. The third-order valence-electron chi connectivity index (χ3n) is 4.24. The predicted molar refractivity (Wildman–Crippen MR) is 120 cm³/mol. The number of aliphatic imine (C=N–C) groups is 1. The second-order valence-corrected chi connectivity index (χ2v) is 6.30. The Morgan fingerprint density at radius 3 is 2.50 bits per heavy atom. The highest BCUT2D eigenvalue weighted by Gasteiger charge is 2.13. The van der Waals surface area contributed by atoms with Gasteiger partial charge >= 0.3 is 0 Å². The average Bonchev–Trinajstić information content (AvgIpc) is 2.63. The SMILES string of the molecule is CCc1ccc(C(CN=C(N)NCCc2ccccn2)N(C)C)cc1.I. The smallest absolute Gasteiger partial charge is 0.188 e. The van der Waals surface area contributed by atoms with Gasteiger partial charge in [0, 0.05) is 24.9 Å². The molecule has 5 nitrogen and oxygen atoms in total. The van der Waals surface area contributed by atoms with Crippen molar-refractivity contribution in [1.29, 1.82) is 0 Å². The Morgan fingerprint density at radius 2 is 1.92 bits per heavy atom. The molecule has 0 spiro atoms. The molecule has 26 heavy (non-hydrogen) atoms. The van der Waals surface area contributed by atoms with Gasteiger partial charge in [-0.25, -0.2) is 0 Å². The Balaban J connectivity index is 0.00000338. The van der Waals surface area contributed by atoms with Gasteiger partial charge < -0.3 is 16.0 Å². The van der Waals surface area contributed by atoms with E-state index in [4.69, 9.17) is 5.73 Å². The number of nitrogens with zero attached hydrogens (tertiary/aromatic N) is 3. The summed E-state index contributed by atoms with van der Waals surface area (Å²) in [4.78, 5) is 11.0. The van der Waals surface area contributed by atoms with Crippen LogP contribution in [0.1, 0.15) is 29.8 Å². The van der Waals surface area contributed by atoms with Gasteiger partial charge in [-0.05, 0) is 43.8 Å². The fraction of sp³-hybridized carbons (Fsp3) is 0.400. The summed E-state index contributed by atoms with van der Waals surface area (Å²) in [5, 5.41) is 3.16. The lowest BCUT2D eigenvalue weighted by Gasteiger charge is -2.23. The molecule has 0 radical (unpaired) electrons. The molecule has 1 aromatic carbocycles. The molecule has 0 aliphatic heterocycles. The van der Waals surface area contributed by atoms with E-state index in [2.05, 4.69) is 65.5 Å². The zero-order chi connectivity index (χ0) is 18.1. The van der Waals surface area contributed by atoms with Crippen LogP contribution in [0.15, 0.2) is 53.7 Å². The molecule has 3 N–H and O–H groups in total. The number of aromatic nitrogens is 1. The number of guanidine groups is 1. The van der Waals surface area contributed by atoms with Crippen LogP contribution in [-0.4, -0.2) is 43.0 Å². The van der Waals surface area contributed by atoms with E-state index in [-0.39, 0.29) is 30.0 Å². The molecule has 0 fully saturated rings. The zero-order valence-electron chi connectivity index (χ0n) is 15.9. The molecule has 0 aliphatic carbocycles. The first-order chi connectivity index (χ1) is 12.1. The van der Waals surface area contributed by atoms with Crippen LogP contribution >= 0.6 is 24.0 Å². The average molecular weight is 467 g/mol. The number of nitrogens with two attached hydrogens (primary N) is 1. The molecular weight excluding hydrogens is 437 g/mol. The highest BCUT2D eigenvalue weighted by atomic mass is 127. The van der Waals surface area contributed by atoms with Crippen molar-refractivity contribution >= 4 is 29.9 Å². The van der Waals surface area contributed by atoms with Crippen molar-refractivity contribution in [3.8, 4) is 0 Å². The first-order valence-electron chi connectivity index (χ1n) is 8.79. The maximum atomic E-state index is 6.01. The Labute approximate surface area is 174 Å². The van der Waals surface area contributed by atoms with Crippen molar-refractivity contribution in [2.24, 2.45) is 10.7 Å². The lowest BCUT2D eigenvalue weighted by molar-refractivity contribution is 0.306. The van der Waals surface area contributed by atoms with Gasteiger partial charge in [0.1, 0.15) is 0 Å². The van der Waals surface area contributed by atoms with E-state index in [0.717, 1.165) is 25.1 Å². The summed E-state index contributed by atoms with van der Waals surface area (Å²) in [6.45, 7) is 3.52. The van der Waals surface area contributed by atoms with E-state index in [1.54, 1.807) is 6.20 Å². The van der Waals surface area contributed by atoms with E-state index in [1.165, 1.54) is 11.1 Å². The van der Waals surface area contributed by atoms with E-state index in [0.29, 0.717) is 12.5 Å². The number of rotatable bonds is 8. The molecule has 6 heteroatoms. The van der Waals surface area contributed by atoms with Crippen molar-refractivity contribution in [1.82, 2.24) is 15.2 Å². The Morgan fingerprint density at radius 1 is 1.19 bits per heavy atom. The zero-order valence-corrected chi connectivity index (χ0v) is 18.2. The molecule has 1 heterocycles. The second kappa shape index (κ2) is 11.9. The number of nitrogens with one attached hydrogen (secondary N) is 1. The van der Waals surface area contributed by atoms with Gasteiger partial charge in [-0.3, -0.25) is 9.98 Å². The third-order valence-corrected chi connectivity index (χ3v) is 4.24. The maximum absolute atomic E-state index is 6.01. The van der Waals surface area contributed by atoms with E-state index in [9.17, 15) is 0 Å². The molecule has 0 amide bonds. The molecular formula is C20H30IN5. The Hall–Kier alpha value is -1.67. The largest absolute Gasteiger partial charge is 0.370 e. The van der Waals surface area contributed by atoms with Crippen molar-refractivity contribution in [2.75, 3.05) is 27.2 Å². The molecule has 2 rings (SSSR count). The summed E-state index contributed by atoms with van der Waals surface area (Å²) in [5.41, 5.74) is 9.66. The molecule has 1 aromatic heterocycles. The minimum Gasteiger partial charge on any atom is -0.370 e. The van der Waals surface area contributed by atoms with Crippen LogP contribution in [0.3, 0.4) is 0 Å². The van der Waals surface area contributed by atoms with Crippen molar-refractivity contribution < 1.29 is 0 Å². The minimum absolute atomic E-state index is 0. The number of hydrogen-bond acceptors (Lipinski definition) is 3. The highest BCUT2D eigenvalue weighted by Crippen LogP contribution is 2.19. The van der Waals surface area contributed by atoms with Crippen molar-refractivity contribution in [3.05, 3.63) is 65.5 Å². The van der Waals surface area contributed by atoms with Crippen LogP contribution in [0.5, 0.6) is 0 Å². The Kier molecular flexibility index (Phi) is 10.2. The van der Waals surface area contributed by atoms with Gasteiger partial charge in [0.25, 0.3) is 0 Å². The van der Waals surface area contributed by atoms with Crippen LogP contribution in [0.2, 0.25) is 0 Å². The number of halogens is 1. The third kappa shape index (κ3) is 7.29. The number of pyridine rings is 1. The highest BCUT2D eigenvalue weighted by molar-refractivity contribution is 14.0. The quantitative estimate of drug-likeness (QED) is 0.356. The van der Waals surface area contributed by atoms with Gasteiger partial charge in [-0.1, -0.05) is 37.3 Å². The van der Waals surface area contributed by atoms with E-state index < -0.39 is 0 Å². The summed E-state index contributed by atoms with van der Waals surface area (Å²) in [6, 6.07) is 14.9. The molecule has 1 unspecified atom stereocenters. The summed E-state index contributed by atoms with van der Waals surface area (Å²) in [7, 11) is 4.14. The van der Waals surface area contributed by atoms with E-state index >= 15 is 0 Å². The molecule has 0 saturated heterocycles. The normalized spacial score (nSPS) is 12.5. The fourth-order valence-electron chi connectivity index (χ4n) is 2.65. The standard InChI is InChI=1S/C20H29N5.HI/c1-4-16-8-10-17(11-9-16)19(25(2)3)15-24-20(21)23-14-12-18-7-5-6-13-22-18;/h5-11,13,19H,4,12,14-15H2,1-3H3,(H3,21,23,24);1H. The van der Waals surface area contributed by atoms with Gasteiger partial charge in [0.15, 0.2) is 5.96 Å². The lowest BCUT2D eigenvalue weighted by Crippen LogP contribution is -2.34. The number of hydrogen-bond donors (Lipinski definition) is 2. The summed E-state index contributed by atoms with van der Waals surface area (Å²) < 4.78 is 0. The second-order valence-electron chi connectivity index (χ2n) is 6.30. The van der Waals surface area contributed by atoms with Crippen LogP contribution in [0.4, 0.5) is 0 Å². The number of aryl methyl sites for hydroxylation is 1. The summed E-state index contributed by atoms with van der Waals surface area (Å²) >= 11 is 0. The van der Waals surface area contributed by atoms with Gasteiger partial charge in [-0.2, -0.15) is 0 Å². The van der Waals surface area contributed by atoms with E-state index in [1.807, 2.05) is 18.2 Å². The molecule has 0 bridgehead atoms. The first-order valence-corrected chi connectivity index (χ1v) is 8.79. The summed E-state index contributed by atoms with van der Waals surface area (Å²) in [6.07, 6.45) is 3.68. The topological polar surface area (TPSA) is 66.5 Å². The number of benzene rings is 1. The monoisotopic (exact) mass is 467 g/mol. The fourth-order valence-corrected chi connectivity index (χ4v) is 2.65. The van der Waals surface area contributed by atoms with Crippen molar-refractivity contribution in [3.63, 3.8) is 0 Å². The molecule has 142 valence electrons. The van der Waals surface area contributed by atoms with Crippen LogP contribution in [0, 0.1) is 0 Å². The van der Waals surface area contributed by atoms with Crippen LogP contribution < -0.4 is 11.1 Å². The number of likely N-dealkylation sites (N-methyl/N-ethyl adjacent to an activating group) is 1. The van der Waals surface area contributed by atoms with Crippen LogP contribution in [-0.2, 0) is 12.8 Å². The predicted octanol–water partition coefficient (Wildman–Crippen LogP) is 3.01. The molecule has 0 aliphatic rings. The molecule has 1 atom stereocenters.